The van der Waals surface area contributed by atoms with E-state index in [0.29, 0.717) is 5.69 Å². The van der Waals surface area contributed by atoms with Crippen LogP contribution in [-0.2, 0) is 11.0 Å². The number of hydrogen-bond donors (Lipinski definition) is 2. The standard InChI is InChI=1S/C17H16ClF3N2O/c1-10-4-3-5-11(2)16(10)23-15(24)9-22-14-7-6-12(18)8-13(14)17(19,20)21/h3-8,22H,9H2,1-2H3,(H,23,24). The van der Waals surface area contributed by atoms with Crippen LogP contribution in [0.2, 0.25) is 5.02 Å². The summed E-state index contributed by atoms with van der Waals surface area (Å²) >= 11 is 5.62. The molecule has 2 aromatic rings. The molecular formula is C17H16ClF3N2O. The van der Waals surface area contributed by atoms with Gasteiger partial charge >= 0.3 is 6.18 Å². The van der Waals surface area contributed by atoms with Crippen LogP contribution in [0, 0.1) is 13.8 Å². The molecule has 0 aliphatic heterocycles. The molecule has 128 valence electrons. The fourth-order valence-electron chi connectivity index (χ4n) is 2.28. The molecule has 0 saturated heterocycles. The van der Waals surface area contributed by atoms with Crippen LogP contribution in [0.5, 0.6) is 0 Å². The highest BCUT2D eigenvalue weighted by Crippen LogP contribution is 2.36. The van der Waals surface area contributed by atoms with Crippen molar-refractivity contribution in [2.45, 2.75) is 20.0 Å². The van der Waals surface area contributed by atoms with E-state index in [0.717, 1.165) is 17.2 Å². The highest BCUT2D eigenvalue weighted by Gasteiger charge is 2.33. The van der Waals surface area contributed by atoms with E-state index in [1.165, 1.54) is 12.1 Å². The van der Waals surface area contributed by atoms with Crippen LogP contribution >= 0.6 is 11.6 Å². The average molecular weight is 357 g/mol. The first-order chi connectivity index (χ1) is 11.2. The van der Waals surface area contributed by atoms with Gasteiger partial charge in [-0.15, -0.1) is 0 Å². The molecule has 3 nitrogen and oxygen atoms in total. The number of para-hydroxylation sites is 1. The molecule has 0 fully saturated rings. The Morgan fingerprint density at radius 1 is 1.12 bits per heavy atom. The summed E-state index contributed by atoms with van der Waals surface area (Å²) in [7, 11) is 0. The summed E-state index contributed by atoms with van der Waals surface area (Å²) in [6.45, 7) is 3.40. The summed E-state index contributed by atoms with van der Waals surface area (Å²) in [5, 5.41) is 5.20. The minimum absolute atomic E-state index is 0.0205. The molecule has 0 heterocycles. The highest BCUT2D eigenvalue weighted by atomic mass is 35.5. The molecule has 7 heteroatoms. The normalized spacial score (nSPS) is 11.2. The topological polar surface area (TPSA) is 41.1 Å². The smallest absolute Gasteiger partial charge is 0.376 e. The first-order valence-corrected chi connectivity index (χ1v) is 7.53. The van der Waals surface area contributed by atoms with Gasteiger partial charge in [-0.25, -0.2) is 0 Å². The largest absolute Gasteiger partial charge is 0.418 e. The van der Waals surface area contributed by atoms with E-state index in [9.17, 15) is 18.0 Å². The lowest BCUT2D eigenvalue weighted by Gasteiger charge is -2.16. The van der Waals surface area contributed by atoms with Gasteiger partial charge in [-0.05, 0) is 43.2 Å². The number of carbonyl (C=O) groups excluding carboxylic acids is 1. The maximum absolute atomic E-state index is 13.0. The lowest BCUT2D eigenvalue weighted by atomic mass is 10.1. The number of halogens is 4. The van der Waals surface area contributed by atoms with E-state index < -0.39 is 17.6 Å². The second kappa shape index (κ2) is 7.13. The van der Waals surface area contributed by atoms with Crippen molar-refractivity contribution in [2.75, 3.05) is 17.2 Å². The number of aryl methyl sites for hydroxylation is 2. The number of nitrogens with one attached hydrogen (secondary N) is 2. The van der Waals surface area contributed by atoms with E-state index in [2.05, 4.69) is 10.6 Å². The SMILES string of the molecule is Cc1cccc(C)c1NC(=O)CNc1ccc(Cl)cc1C(F)(F)F. The van der Waals surface area contributed by atoms with Crippen LogP contribution in [0.4, 0.5) is 24.5 Å². The number of hydrogen-bond acceptors (Lipinski definition) is 2. The van der Waals surface area contributed by atoms with Gasteiger partial charge in [0.2, 0.25) is 5.91 Å². The number of amides is 1. The van der Waals surface area contributed by atoms with Crippen molar-refractivity contribution >= 4 is 28.9 Å². The Kier molecular flexibility index (Phi) is 5.39. The van der Waals surface area contributed by atoms with E-state index in [1.54, 1.807) is 0 Å². The molecule has 0 aliphatic carbocycles. The molecule has 0 atom stereocenters. The summed E-state index contributed by atoms with van der Waals surface area (Å²) in [5.74, 6) is -0.435. The molecule has 0 aromatic heterocycles. The predicted molar refractivity (Wildman–Crippen MR) is 89.5 cm³/mol. The molecule has 1 amide bonds. The van der Waals surface area contributed by atoms with Crippen LogP contribution < -0.4 is 10.6 Å². The van der Waals surface area contributed by atoms with Crippen molar-refractivity contribution in [3.8, 4) is 0 Å². The first kappa shape index (κ1) is 18.1. The Morgan fingerprint density at radius 3 is 2.33 bits per heavy atom. The summed E-state index contributed by atoms with van der Waals surface area (Å²) in [6, 6.07) is 8.92. The van der Waals surface area contributed by atoms with E-state index >= 15 is 0 Å². The van der Waals surface area contributed by atoms with Gasteiger partial charge in [0.25, 0.3) is 0 Å². The molecule has 2 rings (SSSR count). The van der Waals surface area contributed by atoms with Crippen LogP contribution in [0.15, 0.2) is 36.4 Å². The Morgan fingerprint density at radius 2 is 1.75 bits per heavy atom. The summed E-state index contributed by atoms with van der Waals surface area (Å²) < 4.78 is 39.0. The minimum atomic E-state index is -4.56. The Hall–Kier alpha value is -2.21. The van der Waals surface area contributed by atoms with Crippen molar-refractivity contribution in [1.82, 2.24) is 0 Å². The third kappa shape index (κ3) is 4.41. The van der Waals surface area contributed by atoms with Gasteiger partial charge < -0.3 is 10.6 Å². The van der Waals surface area contributed by atoms with Gasteiger partial charge in [0, 0.05) is 16.4 Å². The van der Waals surface area contributed by atoms with Crippen LogP contribution in [0.1, 0.15) is 16.7 Å². The number of carbonyl (C=O) groups is 1. The number of alkyl halides is 3. The molecule has 24 heavy (non-hydrogen) atoms. The molecule has 0 radical (unpaired) electrons. The van der Waals surface area contributed by atoms with Crippen molar-refractivity contribution in [3.63, 3.8) is 0 Å². The van der Waals surface area contributed by atoms with Gasteiger partial charge in [-0.1, -0.05) is 29.8 Å². The zero-order valence-electron chi connectivity index (χ0n) is 13.1. The van der Waals surface area contributed by atoms with Gasteiger partial charge in [0.1, 0.15) is 0 Å². The van der Waals surface area contributed by atoms with Crippen LogP contribution in [0.3, 0.4) is 0 Å². The van der Waals surface area contributed by atoms with E-state index in [4.69, 9.17) is 11.6 Å². The Bertz CT molecular complexity index is 740. The van der Waals surface area contributed by atoms with Crippen LogP contribution in [-0.4, -0.2) is 12.5 Å². The maximum Gasteiger partial charge on any atom is 0.418 e. The first-order valence-electron chi connectivity index (χ1n) is 7.15. The number of anilines is 2. The fraction of sp³-hybridized carbons (Fsp3) is 0.235. The van der Waals surface area contributed by atoms with Crippen molar-refractivity contribution in [1.29, 1.82) is 0 Å². The summed E-state index contributed by atoms with van der Waals surface area (Å²) in [6.07, 6.45) is -4.56. The third-order valence-electron chi connectivity index (χ3n) is 3.47. The molecule has 2 N–H and O–H groups in total. The summed E-state index contributed by atoms with van der Waals surface area (Å²) in [4.78, 5) is 12.0. The summed E-state index contributed by atoms with van der Waals surface area (Å²) in [5.41, 5.74) is 1.33. The zero-order valence-corrected chi connectivity index (χ0v) is 13.8. The highest BCUT2D eigenvalue weighted by molar-refractivity contribution is 6.30. The second-order valence-corrected chi connectivity index (χ2v) is 5.79. The molecular weight excluding hydrogens is 341 g/mol. The molecule has 0 unspecified atom stereocenters. The Labute approximate surface area is 142 Å². The lowest BCUT2D eigenvalue weighted by Crippen LogP contribution is -2.24. The number of benzene rings is 2. The lowest BCUT2D eigenvalue weighted by molar-refractivity contribution is -0.137. The van der Waals surface area contributed by atoms with Crippen LogP contribution in [0.25, 0.3) is 0 Å². The predicted octanol–water partition coefficient (Wildman–Crippen LogP) is 5.03. The second-order valence-electron chi connectivity index (χ2n) is 5.36. The van der Waals surface area contributed by atoms with Crippen molar-refractivity contribution in [3.05, 3.63) is 58.1 Å². The maximum atomic E-state index is 13.0. The average Bonchev–Trinajstić information content (AvgIpc) is 2.49. The molecule has 2 aromatic carbocycles. The van der Waals surface area contributed by atoms with Gasteiger partial charge in [-0.2, -0.15) is 13.2 Å². The zero-order chi connectivity index (χ0) is 17.9. The third-order valence-corrected chi connectivity index (χ3v) is 3.71. The van der Waals surface area contributed by atoms with E-state index in [-0.39, 0.29) is 17.3 Å². The Balaban J connectivity index is 2.10. The molecule has 0 spiro atoms. The molecule has 0 bridgehead atoms. The van der Waals surface area contributed by atoms with Gasteiger partial charge in [0.05, 0.1) is 12.1 Å². The fourth-order valence-corrected chi connectivity index (χ4v) is 2.45. The monoisotopic (exact) mass is 356 g/mol. The van der Waals surface area contributed by atoms with Crippen molar-refractivity contribution < 1.29 is 18.0 Å². The molecule has 0 saturated carbocycles. The minimum Gasteiger partial charge on any atom is -0.376 e. The van der Waals surface area contributed by atoms with Gasteiger partial charge in [-0.3, -0.25) is 4.79 Å². The van der Waals surface area contributed by atoms with E-state index in [1.807, 2.05) is 32.0 Å². The number of rotatable bonds is 4. The molecule has 0 aliphatic rings. The van der Waals surface area contributed by atoms with Crippen molar-refractivity contribution in [2.24, 2.45) is 0 Å². The quantitative estimate of drug-likeness (QED) is 0.807. The van der Waals surface area contributed by atoms with Gasteiger partial charge in [0.15, 0.2) is 0 Å².